The Morgan fingerprint density at radius 2 is 2.43 bits per heavy atom. The minimum atomic E-state index is 0.472. The molecule has 1 aliphatic heterocycles. The second-order valence-electron chi connectivity index (χ2n) is 1.85. The summed E-state index contributed by atoms with van der Waals surface area (Å²) < 4.78 is 0. The van der Waals surface area contributed by atoms with Crippen LogP contribution in [0.3, 0.4) is 0 Å². The lowest BCUT2D eigenvalue weighted by atomic mass is 10.00. The van der Waals surface area contributed by atoms with Crippen LogP contribution in [-0.2, 0) is 0 Å². The van der Waals surface area contributed by atoms with Crippen LogP contribution in [0.1, 0.15) is 0 Å². The summed E-state index contributed by atoms with van der Waals surface area (Å²) in [5.41, 5.74) is 0. The molecule has 0 aromatic carbocycles. The highest BCUT2D eigenvalue weighted by Gasteiger charge is 2.24. The van der Waals surface area contributed by atoms with Crippen LogP contribution in [0.4, 0.5) is 0 Å². The maximum atomic E-state index is 4.08. The van der Waals surface area contributed by atoms with E-state index in [9.17, 15) is 0 Å². The van der Waals surface area contributed by atoms with Crippen molar-refractivity contribution in [3.8, 4) is 0 Å². The number of nitrogens with zero attached hydrogens (tertiary/aromatic N) is 1. The highest BCUT2D eigenvalue weighted by atomic mass is 15.1. The Labute approximate surface area is 41.9 Å². The van der Waals surface area contributed by atoms with E-state index >= 15 is 0 Å². The van der Waals surface area contributed by atoms with Crippen molar-refractivity contribution in [3.05, 3.63) is 12.2 Å². The van der Waals surface area contributed by atoms with E-state index in [-0.39, 0.29) is 0 Å². The van der Waals surface area contributed by atoms with Crippen LogP contribution >= 0.6 is 0 Å². The number of hydrogen-bond donors (Lipinski definition) is 1. The quantitative estimate of drug-likeness (QED) is 0.417. The van der Waals surface area contributed by atoms with Gasteiger partial charge in [0.25, 0.3) is 0 Å². The van der Waals surface area contributed by atoms with Gasteiger partial charge in [-0.15, -0.1) is 0 Å². The van der Waals surface area contributed by atoms with E-state index in [1.54, 1.807) is 6.34 Å². The summed E-state index contributed by atoms with van der Waals surface area (Å²) in [4.78, 5) is 4.08. The fourth-order valence-electron chi connectivity index (χ4n) is 0.833. The summed E-state index contributed by atoms with van der Waals surface area (Å²) >= 11 is 0. The number of fused-ring (bicyclic) bond motifs is 1. The van der Waals surface area contributed by atoms with Gasteiger partial charge in [-0.25, -0.2) is 0 Å². The van der Waals surface area contributed by atoms with Crippen LogP contribution in [0, 0.1) is 0 Å². The standard InChI is InChI=1S/C5H6N2/c1-2-5-4(1)6-3-7-5/h1-5H,(H,6,7). The second-order valence-corrected chi connectivity index (χ2v) is 1.85. The van der Waals surface area contributed by atoms with E-state index in [1.807, 2.05) is 0 Å². The molecule has 2 nitrogen and oxygen atoms in total. The van der Waals surface area contributed by atoms with Crippen molar-refractivity contribution < 1.29 is 0 Å². The third-order valence-electron chi connectivity index (χ3n) is 1.40. The number of nitrogens with one attached hydrogen (secondary N) is 1. The van der Waals surface area contributed by atoms with Crippen LogP contribution in [0.2, 0.25) is 0 Å². The Hall–Kier alpha value is -0.790. The largest absolute Gasteiger partial charge is 0.368 e. The van der Waals surface area contributed by atoms with Crippen LogP contribution in [0.25, 0.3) is 0 Å². The molecule has 0 saturated heterocycles. The summed E-state index contributed by atoms with van der Waals surface area (Å²) in [6, 6.07) is 1.01. The predicted octanol–water partition coefficient (Wildman–Crippen LogP) is -0.0751. The summed E-state index contributed by atoms with van der Waals surface area (Å²) in [5, 5.41) is 3.08. The lowest BCUT2D eigenvalue weighted by molar-refractivity contribution is 0.647. The van der Waals surface area contributed by atoms with Gasteiger partial charge in [-0.3, -0.25) is 4.99 Å². The monoisotopic (exact) mass is 94.1 g/mol. The molecule has 0 aromatic rings. The summed E-state index contributed by atoms with van der Waals surface area (Å²) in [6.07, 6.45) is 5.99. The average molecular weight is 94.1 g/mol. The smallest absolute Gasteiger partial charge is 0.0935 e. The van der Waals surface area contributed by atoms with Crippen LogP contribution in [0.5, 0.6) is 0 Å². The molecular formula is C5H6N2. The number of aliphatic imine (C=N–C) groups is 1. The average Bonchev–Trinajstić information content (AvgIpc) is 1.85. The number of hydrogen-bond acceptors (Lipinski definition) is 2. The third-order valence-corrected chi connectivity index (χ3v) is 1.40. The fourth-order valence-corrected chi connectivity index (χ4v) is 0.833. The molecule has 0 aromatic heterocycles. The normalized spacial score (nSPS) is 42.3. The Morgan fingerprint density at radius 1 is 1.43 bits per heavy atom. The fraction of sp³-hybridized carbons (Fsp3) is 0.400. The van der Waals surface area contributed by atoms with E-state index in [0.29, 0.717) is 12.1 Å². The lowest BCUT2D eigenvalue weighted by Crippen LogP contribution is -2.34. The summed E-state index contributed by atoms with van der Waals surface area (Å²) in [6.45, 7) is 0. The first-order chi connectivity index (χ1) is 3.47. The van der Waals surface area contributed by atoms with Crippen molar-refractivity contribution in [2.75, 3.05) is 0 Å². The van der Waals surface area contributed by atoms with Gasteiger partial charge in [0.2, 0.25) is 0 Å². The molecule has 0 radical (unpaired) electrons. The highest BCUT2D eigenvalue weighted by molar-refractivity contribution is 5.61. The molecule has 1 heterocycles. The molecule has 7 heavy (non-hydrogen) atoms. The van der Waals surface area contributed by atoms with Gasteiger partial charge in [0.1, 0.15) is 0 Å². The van der Waals surface area contributed by atoms with E-state index in [4.69, 9.17) is 0 Å². The SMILES string of the molecule is C1=CC2NC=NC12. The predicted molar refractivity (Wildman–Crippen MR) is 28.3 cm³/mol. The molecule has 2 aliphatic rings. The zero-order valence-electron chi connectivity index (χ0n) is 3.83. The molecule has 0 spiro atoms. The minimum absolute atomic E-state index is 0.472. The van der Waals surface area contributed by atoms with Gasteiger partial charge in [0, 0.05) is 0 Å². The Bertz CT molecular complexity index is 137. The van der Waals surface area contributed by atoms with Crippen molar-refractivity contribution in [1.29, 1.82) is 0 Å². The van der Waals surface area contributed by atoms with Crippen molar-refractivity contribution in [2.45, 2.75) is 12.1 Å². The van der Waals surface area contributed by atoms with Gasteiger partial charge in [-0.1, -0.05) is 12.2 Å². The molecule has 1 N–H and O–H groups in total. The zero-order chi connectivity index (χ0) is 4.69. The zero-order valence-corrected chi connectivity index (χ0v) is 3.83. The molecule has 0 amide bonds. The van der Waals surface area contributed by atoms with Gasteiger partial charge < -0.3 is 5.32 Å². The molecule has 0 bridgehead atoms. The molecule has 36 valence electrons. The van der Waals surface area contributed by atoms with Gasteiger partial charge in [-0.05, 0) is 0 Å². The summed E-state index contributed by atoms with van der Waals surface area (Å²) in [7, 11) is 0. The Morgan fingerprint density at radius 3 is 2.71 bits per heavy atom. The van der Waals surface area contributed by atoms with Gasteiger partial charge >= 0.3 is 0 Å². The van der Waals surface area contributed by atoms with E-state index in [2.05, 4.69) is 22.5 Å². The first-order valence-corrected chi connectivity index (χ1v) is 2.43. The topological polar surface area (TPSA) is 24.4 Å². The molecule has 1 aliphatic carbocycles. The minimum Gasteiger partial charge on any atom is -0.368 e. The summed E-state index contributed by atoms with van der Waals surface area (Å²) in [5.74, 6) is 0. The lowest BCUT2D eigenvalue weighted by Gasteiger charge is -2.18. The van der Waals surface area contributed by atoms with Gasteiger partial charge in [0.05, 0.1) is 18.4 Å². The van der Waals surface area contributed by atoms with Crippen LogP contribution in [0.15, 0.2) is 17.1 Å². The van der Waals surface area contributed by atoms with E-state index in [0.717, 1.165) is 0 Å². The molecular weight excluding hydrogens is 88.1 g/mol. The third kappa shape index (κ3) is 0.266. The molecule has 2 atom stereocenters. The van der Waals surface area contributed by atoms with E-state index < -0.39 is 0 Å². The van der Waals surface area contributed by atoms with Crippen molar-refractivity contribution in [2.24, 2.45) is 4.99 Å². The molecule has 0 saturated carbocycles. The Balaban J connectivity index is 2.29. The molecule has 2 heteroatoms. The van der Waals surface area contributed by atoms with Crippen LogP contribution < -0.4 is 5.32 Å². The first-order valence-electron chi connectivity index (χ1n) is 2.43. The molecule has 2 unspecified atom stereocenters. The van der Waals surface area contributed by atoms with Crippen molar-refractivity contribution in [3.63, 3.8) is 0 Å². The van der Waals surface area contributed by atoms with Gasteiger partial charge in [0.15, 0.2) is 0 Å². The van der Waals surface area contributed by atoms with Crippen molar-refractivity contribution >= 4 is 6.34 Å². The first kappa shape index (κ1) is 3.24. The highest BCUT2D eigenvalue weighted by Crippen LogP contribution is 2.15. The maximum Gasteiger partial charge on any atom is 0.0935 e. The van der Waals surface area contributed by atoms with Crippen LogP contribution in [-0.4, -0.2) is 18.4 Å². The molecule has 0 fully saturated rings. The second kappa shape index (κ2) is 0.886. The molecule has 2 rings (SSSR count). The van der Waals surface area contributed by atoms with E-state index in [1.165, 1.54) is 0 Å². The van der Waals surface area contributed by atoms with Gasteiger partial charge in [-0.2, -0.15) is 0 Å². The maximum absolute atomic E-state index is 4.08. The number of rotatable bonds is 0. The van der Waals surface area contributed by atoms with Crippen molar-refractivity contribution in [1.82, 2.24) is 5.32 Å². The Kier molecular flexibility index (Phi) is 0.410.